The normalized spacial score (nSPS) is 10.2. The van der Waals surface area contributed by atoms with Gasteiger partial charge in [-0.1, -0.05) is 18.2 Å². The molecule has 0 aliphatic carbocycles. The number of hydrogen-bond donors (Lipinski definition) is 2. The number of methoxy groups -OCH3 is 1. The van der Waals surface area contributed by atoms with Crippen LogP contribution in [0.2, 0.25) is 0 Å². The Balaban J connectivity index is 1.39. The lowest BCUT2D eigenvalue weighted by Gasteiger charge is -2.11. The number of amides is 1. The summed E-state index contributed by atoms with van der Waals surface area (Å²) in [6.45, 7) is 1.81. The summed E-state index contributed by atoms with van der Waals surface area (Å²) in [5.41, 5.74) is 1.20. The Bertz CT molecular complexity index is 1010. The van der Waals surface area contributed by atoms with Crippen LogP contribution in [0.1, 0.15) is 10.4 Å². The van der Waals surface area contributed by atoms with Crippen molar-refractivity contribution >= 4 is 28.9 Å². The van der Waals surface area contributed by atoms with Gasteiger partial charge < -0.3 is 24.3 Å². The topological polar surface area (TPSA) is 78.1 Å². The van der Waals surface area contributed by atoms with E-state index in [0.29, 0.717) is 37.7 Å². The van der Waals surface area contributed by atoms with Crippen LogP contribution in [-0.2, 0) is 4.74 Å². The predicted octanol–water partition coefficient (Wildman–Crippen LogP) is 4.30. The molecular formula is C25H26N2O5S. The number of carbonyl (C=O) groups excluding carboxylic acids is 1. The van der Waals surface area contributed by atoms with E-state index in [1.807, 2.05) is 54.6 Å². The number of hydrogen-bond acceptors (Lipinski definition) is 6. The Morgan fingerprint density at radius 3 is 1.82 bits per heavy atom. The molecule has 2 N–H and O–H groups in total. The number of rotatable bonds is 11. The Morgan fingerprint density at radius 1 is 0.727 bits per heavy atom. The molecule has 0 fully saturated rings. The third-order valence-electron chi connectivity index (χ3n) is 4.38. The van der Waals surface area contributed by atoms with Crippen LogP contribution >= 0.6 is 12.2 Å². The first-order chi connectivity index (χ1) is 16.1. The molecule has 33 heavy (non-hydrogen) atoms. The van der Waals surface area contributed by atoms with E-state index in [-0.39, 0.29) is 11.0 Å². The van der Waals surface area contributed by atoms with Gasteiger partial charge in [-0.05, 0) is 72.9 Å². The van der Waals surface area contributed by atoms with Gasteiger partial charge in [-0.15, -0.1) is 0 Å². The molecule has 0 saturated carbocycles. The van der Waals surface area contributed by atoms with E-state index in [0.717, 1.165) is 17.2 Å². The molecule has 0 aliphatic rings. The van der Waals surface area contributed by atoms with E-state index in [4.69, 9.17) is 31.2 Å². The van der Waals surface area contributed by atoms with Crippen molar-refractivity contribution < 1.29 is 23.7 Å². The third-order valence-corrected chi connectivity index (χ3v) is 4.58. The molecule has 3 aromatic carbocycles. The van der Waals surface area contributed by atoms with E-state index in [1.165, 1.54) is 0 Å². The zero-order valence-electron chi connectivity index (χ0n) is 18.3. The smallest absolute Gasteiger partial charge is 0.257 e. The Kier molecular flexibility index (Phi) is 9.50. The minimum atomic E-state index is -0.314. The van der Waals surface area contributed by atoms with Gasteiger partial charge in [0.15, 0.2) is 5.11 Å². The Morgan fingerprint density at radius 2 is 1.24 bits per heavy atom. The molecule has 0 radical (unpaired) electrons. The fraction of sp³-hybridized carbons (Fsp3) is 0.200. The number of nitrogens with one attached hydrogen (secondary N) is 2. The molecule has 0 bridgehead atoms. The highest BCUT2D eigenvalue weighted by Gasteiger charge is 2.08. The van der Waals surface area contributed by atoms with Gasteiger partial charge in [0.1, 0.15) is 37.1 Å². The van der Waals surface area contributed by atoms with Gasteiger partial charge in [-0.3, -0.25) is 10.1 Å². The number of benzene rings is 3. The zero-order chi connectivity index (χ0) is 23.3. The second-order valence-corrected chi connectivity index (χ2v) is 7.22. The van der Waals surface area contributed by atoms with Crippen molar-refractivity contribution in [3.63, 3.8) is 0 Å². The van der Waals surface area contributed by atoms with E-state index >= 15 is 0 Å². The van der Waals surface area contributed by atoms with Gasteiger partial charge >= 0.3 is 0 Å². The fourth-order valence-corrected chi connectivity index (χ4v) is 2.96. The highest BCUT2D eigenvalue weighted by atomic mass is 32.1. The van der Waals surface area contributed by atoms with Crippen molar-refractivity contribution in [2.45, 2.75) is 0 Å². The highest BCUT2D eigenvalue weighted by molar-refractivity contribution is 7.80. The first kappa shape index (κ1) is 24.0. The molecule has 8 heteroatoms. The molecule has 172 valence electrons. The van der Waals surface area contributed by atoms with Crippen molar-refractivity contribution in [3.05, 3.63) is 84.4 Å². The van der Waals surface area contributed by atoms with Crippen LogP contribution in [0.25, 0.3) is 0 Å². The fourth-order valence-electron chi connectivity index (χ4n) is 2.75. The monoisotopic (exact) mass is 466 g/mol. The first-order valence-electron chi connectivity index (χ1n) is 10.4. The number of carbonyl (C=O) groups is 1. The average Bonchev–Trinajstić information content (AvgIpc) is 2.84. The van der Waals surface area contributed by atoms with Crippen LogP contribution in [0.15, 0.2) is 78.9 Å². The molecule has 3 rings (SSSR count). The molecule has 0 heterocycles. The summed E-state index contributed by atoms with van der Waals surface area (Å²) in [6.07, 6.45) is 0. The van der Waals surface area contributed by atoms with E-state index in [1.54, 1.807) is 31.4 Å². The Labute approximate surface area is 198 Å². The van der Waals surface area contributed by atoms with Gasteiger partial charge in [0.2, 0.25) is 0 Å². The summed E-state index contributed by atoms with van der Waals surface area (Å²) in [7, 11) is 1.62. The first-order valence-corrected chi connectivity index (χ1v) is 10.8. The number of ether oxygens (including phenoxy) is 4. The van der Waals surface area contributed by atoms with Crippen LogP contribution in [-0.4, -0.2) is 44.6 Å². The van der Waals surface area contributed by atoms with Gasteiger partial charge in [0, 0.05) is 18.4 Å². The maximum Gasteiger partial charge on any atom is 0.257 e. The standard InChI is InChI=1S/C25H26N2O5S/c1-29-15-16-30-23-13-9-20(10-14-23)26-25(33)27-24(28)19-7-11-22(12-8-19)32-18-17-31-21-5-3-2-4-6-21/h2-14H,15-18H2,1H3,(H2,26,27,28,33). The summed E-state index contributed by atoms with van der Waals surface area (Å²) in [4.78, 5) is 12.4. The van der Waals surface area contributed by atoms with E-state index in [2.05, 4.69) is 10.6 Å². The van der Waals surface area contributed by atoms with Crippen LogP contribution in [0.4, 0.5) is 5.69 Å². The van der Waals surface area contributed by atoms with Gasteiger partial charge in [-0.2, -0.15) is 0 Å². The zero-order valence-corrected chi connectivity index (χ0v) is 19.1. The SMILES string of the molecule is COCCOc1ccc(NC(=S)NC(=O)c2ccc(OCCOc3ccccc3)cc2)cc1. The molecule has 0 unspecified atom stereocenters. The lowest BCUT2D eigenvalue weighted by Crippen LogP contribution is -2.34. The van der Waals surface area contributed by atoms with Crippen molar-refractivity contribution in [1.82, 2.24) is 5.32 Å². The van der Waals surface area contributed by atoms with Crippen molar-refractivity contribution in [2.24, 2.45) is 0 Å². The molecule has 0 aromatic heterocycles. The molecule has 0 spiro atoms. The van der Waals surface area contributed by atoms with Crippen molar-refractivity contribution in [3.8, 4) is 17.2 Å². The summed E-state index contributed by atoms with van der Waals surface area (Å²) < 4.78 is 21.7. The molecule has 3 aromatic rings. The maximum atomic E-state index is 12.4. The lowest BCUT2D eigenvalue weighted by atomic mass is 10.2. The molecular weight excluding hydrogens is 440 g/mol. The summed E-state index contributed by atoms with van der Waals surface area (Å²) >= 11 is 5.24. The number of para-hydroxylation sites is 1. The van der Waals surface area contributed by atoms with Gasteiger partial charge in [0.05, 0.1) is 6.61 Å². The maximum absolute atomic E-state index is 12.4. The van der Waals surface area contributed by atoms with Crippen LogP contribution < -0.4 is 24.8 Å². The van der Waals surface area contributed by atoms with E-state index < -0.39 is 0 Å². The quantitative estimate of drug-likeness (QED) is 0.322. The molecule has 7 nitrogen and oxygen atoms in total. The predicted molar refractivity (Wildman–Crippen MR) is 131 cm³/mol. The van der Waals surface area contributed by atoms with Crippen LogP contribution in [0.5, 0.6) is 17.2 Å². The molecule has 0 saturated heterocycles. The van der Waals surface area contributed by atoms with Crippen LogP contribution in [0.3, 0.4) is 0 Å². The third kappa shape index (κ3) is 8.44. The van der Waals surface area contributed by atoms with E-state index in [9.17, 15) is 4.79 Å². The minimum Gasteiger partial charge on any atom is -0.491 e. The van der Waals surface area contributed by atoms with Crippen molar-refractivity contribution in [1.29, 1.82) is 0 Å². The van der Waals surface area contributed by atoms with Gasteiger partial charge in [-0.25, -0.2) is 0 Å². The number of anilines is 1. The lowest BCUT2D eigenvalue weighted by molar-refractivity contribution is 0.0977. The Hall–Kier alpha value is -3.62. The van der Waals surface area contributed by atoms with Crippen molar-refractivity contribution in [2.75, 3.05) is 38.9 Å². The summed E-state index contributed by atoms with van der Waals surface area (Å²) in [6, 6.07) is 23.6. The summed E-state index contributed by atoms with van der Waals surface area (Å²) in [5, 5.41) is 5.84. The second-order valence-electron chi connectivity index (χ2n) is 6.81. The summed E-state index contributed by atoms with van der Waals surface area (Å²) in [5.74, 6) is 1.85. The largest absolute Gasteiger partial charge is 0.491 e. The van der Waals surface area contributed by atoms with Gasteiger partial charge in [0.25, 0.3) is 5.91 Å². The van der Waals surface area contributed by atoms with Crippen LogP contribution in [0, 0.1) is 0 Å². The molecule has 1 amide bonds. The minimum absolute atomic E-state index is 0.200. The second kappa shape index (κ2) is 13.0. The average molecular weight is 467 g/mol. The number of thiocarbonyl (C=S) groups is 1. The molecule has 0 aliphatic heterocycles. The highest BCUT2D eigenvalue weighted by Crippen LogP contribution is 2.16. The molecule has 0 atom stereocenters.